The number of hydrogen-bond donors (Lipinski definition) is 1. The summed E-state index contributed by atoms with van der Waals surface area (Å²) in [4.78, 5) is 5.11. The molecule has 2 atom stereocenters. The molecule has 0 aromatic heterocycles. The van der Waals surface area contributed by atoms with E-state index < -0.39 is 0 Å². The third-order valence-corrected chi connectivity index (χ3v) is 4.98. The van der Waals surface area contributed by atoms with Gasteiger partial charge in [-0.05, 0) is 49.2 Å². The average molecular weight is 289 g/mol. The van der Waals surface area contributed by atoms with Crippen LogP contribution in [0.25, 0.3) is 0 Å². The highest BCUT2D eigenvalue weighted by atomic mass is 16.5. The molecular weight excluding hydrogens is 262 g/mol. The first-order valence-corrected chi connectivity index (χ1v) is 8.08. The number of nitrogens with one attached hydrogen (secondary N) is 1. The van der Waals surface area contributed by atoms with Gasteiger partial charge in [-0.2, -0.15) is 0 Å². The Morgan fingerprint density at radius 3 is 2.38 bits per heavy atom. The molecule has 0 saturated carbocycles. The number of rotatable bonds is 4. The maximum absolute atomic E-state index is 5.23. The summed E-state index contributed by atoms with van der Waals surface area (Å²) in [6.45, 7) is 10.6. The van der Waals surface area contributed by atoms with E-state index in [9.17, 15) is 0 Å². The molecule has 1 N–H and O–H groups in total. The topological polar surface area (TPSA) is 27.7 Å². The van der Waals surface area contributed by atoms with Crippen LogP contribution in [0.3, 0.4) is 0 Å². The highest BCUT2D eigenvalue weighted by Gasteiger charge is 2.26. The molecule has 2 fully saturated rings. The van der Waals surface area contributed by atoms with Gasteiger partial charge in [0.25, 0.3) is 0 Å². The van der Waals surface area contributed by atoms with Gasteiger partial charge in [0.1, 0.15) is 5.75 Å². The second kappa shape index (κ2) is 6.67. The average Bonchev–Trinajstić information content (AvgIpc) is 2.93. The normalized spacial score (nSPS) is 27.0. The molecule has 116 valence electrons. The summed E-state index contributed by atoms with van der Waals surface area (Å²) in [5.41, 5.74) is 1.31. The Morgan fingerprint density at radius 2 is 1.81 bits per heavy atom. The van der Waals surface area contributed by atoms with Crippen molar-refractivity contribution >= 4 is 5.69 Å². The van der Waals surface area contributed by atoms with Crippen LogP contribution in [0.5, 0.6) is 5.75 Å². The van der Waals surface area contributed by atoms with E-state index >= 15 is 0 Å². The number of anilines is 1. The minimum atomic E-state index is 0.824. The molecule has 3 rings (SSSR count). The molecule has 1 aromatic carbocycles. The highest BCUT2D eigenvalue weighted by molar-refractivity contribution is 5.49. The minimum absolute atomic E-state index is 0.824. The van der Waals surface area contributed by atoms with Crippen LogP contribution in [-0.4, -0.2) is 57.8 Å². The number of ether oxygens (including phenoxy) is 1. The van der Waals surface area contributed by atoms with Crippen LogP contribution in [0.15, 0.2) is 24.3 Å². The first-order valence-electron chi connectivity index (χ1n) is 8.08. The summed E-state index contributed by atoms with van der Waals surface area (Å²) in [6.07, 6.45) is 0. The number of piperazine rings is 1. The van der Waals surface area contributed by atoms with Gasteiger partial charge in [0.05, 0.1) is 7.11 Å². The molecule has 0 aliphatic carbocycles. The molecular formula is C17H27N3O. The first-order chi connectivity index (χ1) is 10.3. The Balaban J connectivity index is 1.50. The predicted molar refractivity (Wildman–Crippen MR) is 87.2 cm³/mol. The zero-order chi connectivity index (χ0) is 14.7. The summed E-state index contributed by atoms with van der Waals surface area (Å²) in [7, 11) is 1.71. The van der Waals surface area contributed by atoms with Crippen molar-refractivity contribution < 1.29 is 4.74 Å². The van der Waals surface area contributed by atoms with Crippen LogP contribution in [0, 0.1) is 11.8 Å². The van der Waals surface area contributed by atoms with E-state index in [1.165, 1.54) is 38.4 Å². The van der Waals surface area contributed by atoms with Crippen LogP contribution in [0.4, 0.5) is 5.69 Å². The number of methoxy groups -OCH3 is 1. The van der Waals surface area contributed by atoms with Gasteiger partial charge >= 0.3 is 0 Å². The van der Waals surface area contributed by atoms with E-state index in [0.29, 0.717) is 0 Å². The van der Waals surface area contributed by atoms with Crippen molar-refractivity contribution in [3.63, 3.8) is 0 Å². The third-order valence-electron chi connectivity index (χ3n) is 4.98. The summed E-state index contributed by atoms with van der Waals surface area (Å²) in [5, 5.41) is 3.51. The fourth-order valence-corrected chi connectivity index (χ4v) is 3.42. The van der Waals surface area contributed by atoms with E-state index in [4.69, 9.17) is 4.74 Å². The second-order valence-corrected chi connectivity index (χ2v) is 6.38. The van der Waals surface area contributed by atoms with Crippen LogP contribution in [0.1, 0.15) is 6.92 Å². The van der Waals surface area contributed by atoms with Crippen LogP contribution in [-0.2, 0) is 0 Å². The molecule has 4 heteroatoms. The molecule has 1 aromatic rings. The lowest BCUT2D eigenvalue weighted by molar-refractivity contribution is 0.208. The second-order valence-electron chi connectivity index (χ2n) is 6.38. The van der Waals surface area contributed by atoms with Crippen LogP contribution < -0.4 is 15.0 Å². The number of benzene rings is 1. The van der Waals surface area contributed by atoms with Gasteiger partial charge in [0.2, 0.25) is 0 Å². The zero-order valence-corrected chi connectivity index (χ0v) is 13.2. The van der Waals surface area contributed by atoms with Crippen molar-refractivity contribution in [3.8, 4) is 5.75 Å². The maximum Gasteiger partial charge on any atom is 0.119 e. The minimum Gasteiger partial charge on any atom is -0.497 e. The van der Waals surface area contributed by atoms with Gasteiger partial charge < -0.3 is 15.0 Å². The Morgan fingerprint density at radius 1 is 1.10 bits per heavy atom. The molecule has 4 nitrogen and oxygen atoms in total. The molecule has 2 saturated heterocycles. The van der Waals surface area contributed by atoms with Gasteiger partial charge in [-0.1, -0.05) is 6.92 Å². The zero-order valence-electron chi connectivity index (χ0n) is 13.2. The SMILES string of the molecule is COc1ccc(N2CCN(C[C@@H]3CNC[C@H]3C)CC2)cc1. The highest BCUT2D eigenvalue weighted by Crippen LogP contribution is 2.22. The van der Waals surface area contributed by atoms with Crippen molar-refractivity contribution in [2.24, 2.45) is 11.8 Å². The Kier molecular flexibility index (Phi) is 4.66. The predicted octanol–water partition coefficient (Wildman–Crippen LogP) is 1.67. The lowest BCUT2D eigenvalue weighted by atomic mass is 9.97. The van der Waals surface area contributed by atoms with Crippen molar-refractivity contribution in [1.29, 1.82) is 0 Å². The Bertz CT molecular complexity index is 440. The standard InChI is InChI=1S/C17H27N3O/c1-14-11-18-12-15(14)13-19-7-9-20(10-8-19)16-3-5-17(21-2)6-4-16/h3-6,14-15,18H,7-13H2,1-2H3/t14-,15+/m1/s1. The molecule has 0 unspecified atom stereocenters. The summed E-state index contributed by atoms with van der Waals surface area (Å²) < 4.78 is 5.23. The van der Waals surface area contributed by atoms with Gasteiger partial charge in [0, 0.05) is 38.4 Å². The monoisotopic (exact) mass is 289 g/mol. The maximum atomic E-state index is 5.23. The molecule has 0 radical (unpaired) electrons. The molecule has 2 aliphatic heterocycles. The van der Waals surface area contributed by atoms with E-state index in [-0.39, 0.29) is 0 Å². The molecule has 2 heterocycles. The van der Waals surface area contributed by atoms with E-state index in [0.717, 1.165) is 30.7 Å². The number of nitrogens with zero attached hydrogens (tertiary/aromatic N) is 2. The van der Waals surface area contributed by atoms with E-state index in [1.807, 2.05) is 12.1 Å². The fraction of sp³-hybridized carbons (Fsp3) is 0.647. The Hall–Kier alpha value is -1.26. The number of hydrogen-bond acceptors (Lipinski definition) is 4. The lowest BCUT2D eigenvalue weighted by Gasteiger charge is -2.37. The summed E-state index contributed by atoms with van der Waals surface area (Å²) in [5.74, 6) is 2.59. The van der Waals surface area contributed by atoms with E-state index in [1.54, 1.807) is 7.11 Å². The van der Waals surface area contributed by atoms with Crippen LogP contribution in [0.2, 0.25) is 0 Å². The fourth-order valence-electron chi connectivity index (χ4n) is 3.42. The van der Waals surface area contributed by atoms with Crippen molar-refractivity contribution in [2.45, 2.75) is 6.92 Å². The smallest absolute Gasteiger partial charge is 0.119 e. The summed E-state index contributed by atoms with van der Waals surface area (Å²) in [6, 6.07) is 8.43. The van der Waals surface area contributed by atoms with Crippen molar-refractivity contribution in [1.82, 2.24) is 10.2 Å². The molecule has 21 heavy (non-hydrogen) atoms. The van der Waals surface area contributed by atoms with Gasteiger partial charge in [-0.15, -0.1) is 0 Å². The summed E-state index contributed by atoms with van der Waals surface area (Å²) >= 11 is 0. The van der Waals surface area contributed by atoms with Crippen molar-refractivity contribution in [2.75, 3.05) is 57.8 Å². The molecule has 0 bridgehead atoms. The third kappa shape index (κ3) is 3.50. The molecule has 0 amide bonds. The lowest BCUT2D eigenvalue weighted by Crippen LogP contribution is -2.48. The largest absolute Gasteiger partial charge is 0.497 e. The van der Waals surface area contributed by atoms with Gasteiger partial charge in [0.15, 0.2) is 0 Å². The first kappa shape index (κ1) is 14.7. The Labute approximate surface area is 128 Å². The van der Waals surface area contributed by atoms with E-state index in [2.05, 4.69) is 34.2 Å². The molecule has 2 aliphatic rings. The van der Waals surface area contributed by atoms with Crippen LogP contribution >= 0.6 is 0 Å². The van der Waals surface area contributed by atoms with Gasteiger partial charge in [-0.3, -0.25) is 4.90 Å². The quantitative estimate of drug-likeness (QED) is 0.912. The van der Waals surface area contributed by atoms with Crippen molar-refractivity contribution in [3.05, 3.63) is 24.3 Å². The van der Waals surface area contributed by atoms with Gasteiger partial charge in [-0.25, -0.2) is 0 Å². The molecule has 0 spiro atoms.